The molecule has 0 aliphatic carbocycles. The van der Waals surface area contributed by atoms with Gasteiger partial charge in [0.25, 0.3) is 0 Å². The Balaban J connectivity index is 2.15. The van der Waals surface area contributed by atoms with E-state index in [1.807, 2.05) is 18.2 Å². The summed E-state index contributed by atoms with van der Waals surface area (Å²) in [7, 11) is 0. The molecule has 0 radical (unpaired) electrons. The van der Waals surface area contributed by atoms with Gasteiger partial charge in [0, 0.05) is 33.0 Å². The second-order valence-corrected chi connectivity index (χ2v) is 5.55. The van der Waals surface area contributed by atoms with Crippen LogP contribution in [0, 0.1) is 0 Å². The zero-order chi connectivity index (χ0) is 16.2. The van der Waals surface area contributed by atoms with Gasteiger partial charge in [-0.15, -0.1) is 0 Å². The number of hydrogen-bond donors (Lipinski definition) is 1. The molecule has 1 aromatic rings. The van der Waals surface area contributed by atoms with Gasteiger partial charge in [-0.1, -0.05) is 43.7 Å². The van der Waals surface area contributed by atoms with Gasteiger partial charge in [-0.2, -0.15) is 0 Å². The lowest BCUT2D eigenvalue weighted by atomic mass is 10.1. The Kier molecular flexibility index (Phi) is 8.96. The van der Waals surface area contributed by atoms with Gasteiger partial charge in [-0.05, 0) is 24.8 Å². The second-order valence-electron chi connectivity index (χ2n) is 5.55. The zero-order valence-corrected chi connectivity index (χ0v) is 13.8. The highest BCUT2D eigenvalue weighted by Crippen LogP contribution is 2.02. The summed E-state index contributed by atoms with van der Waals surface area (Å²) in [4.78, 5) is 25.0. The summed E-state index contributed by atoms with van der Waals surface area (Å²) in [6.07, 6.45) is 4.32. The van der Waals surface area contributed by atoms with Crippen molar-refractivity contribution in [2.75, 3.05) is 19.6 Å². The van der Waals surface area contributed by atoms with Crippen LogP contribution >= 0.6 is 0 Å². The maximum absolute atomic E-state index is 11.8. The number of carbonyl (C=O) groups is 2. The van der Waals surface area contributed by atoms with E-state index in [-0.39, 0.29) is 11.8 Å². The molecule has 0 fully saturated rings. The number of rotatable bonds is 10. The van der Waals surface area contributed by atoms with Crippen molar-refractivity contribution in [3.8, 4) is 0 Å². The first kappa shape index (κ1) is 18.2. The van der Waals surface area contributed by atoms with E-state index in [1.165, 1.54) is 5.56 Å². The highest BCUT2D eigenvalue weighted by molar-refractivity contribution is 5.77. The fourth-order valence-electron chi connectivity index (χ4n) is 2.27. The summed E-state index contributed by atoms with van der Waals surface area (Å²) in [5, 5.41) is 2.93. The van der Waals surface area contributed by atoms with Crippen LogP contribution in [0.1, 0.15) is 45.1 Å². The van der Waals surface area contributed by atoms with Crippen LogP contribution in [0.2, 0.25) is 0 Å². The van der Waals surface area contributed by atoms with Crippen molar-refractivity contribution in [3.05, 3.63) is 35.9 Å². The topological polar surface area (TPSA) is 49.4 Å². The van der Waals surface area contributed by atoms with Crippen molar-refractivity contribution in [2.24, 2.45) is 0 Å². The maximum Gasteiger partial charge on any atom is 0.221 e. The molecule has 1 rings (SSSR count). The molecule has 0 aliphatic heterocycles. The van der Waals surface area contributed by atoms with Crippen LogP contribution in [-0.2, 0) is 16.0 Å². The van der Waals surface area contributed by atoms with Crippen molar-refractivity contribution >= 4 is 11.8 Å². The van der Waals surface area contributed by atoms with Crippen LogP contribution in [0.4, 0.5) is 0 Å². The molecule has 4 nitrogen and oxygen atoms in total. The van der Waals surface area contributed by atoms with Crippen LogP contribution < -0.4 is 5.32 Å². The van der Waals surface area contributed by atoms with Gasteiger partial charge in [-0.3, -0.25) is 9.59 Å². The summed E-state index contributed by atoms with van der Waals surface area (Å²) in [6, 6.07) is 10.3. The molecular formula is C18H28N2O2. The molecule has 0 spiro atoms. The summed E-state index contributed by atoms with van der Waals surface area (Å²) in [5.74, 6) is 0.0705. The van der Waals surface area contributed by atoms with Gasteiger partial charge < -0.3 is 10.2 Å². The fourth-order valence-corrected chi connectivity index (χ4v) is 2.27. The number of unbranched alkanes of at least 4 members (excludes halogenated alkanes) is 1. The molecule has 2 amide bonds. The molecule has 4 heteroatoms. The van der Waals surface area contributed by atoms with Crippen LogP contribution in [0.5, 0.6) is 0 Å². The molecule has 0 heterocycles. The minimum Gasteiger partial charge on any atom is -0.356 e. The number of aryl methyl sites for hydroxylation is 1. The first-order valence-electron chi connectivity index (χ1n) is 8.19. The van der Waals surface area contributed by atoms with Crippen LogP contribution in [0.3, 0.4) is 0 Å². The highest BCUT2D eigenvalue weighted by atomic mass is 16.2. The fraction of sp³-hybridized carbons (Fsp3) is 0.556. The van der Waals surface area contributed by atoms with Crippen LogP contribution in [-0.4, -0.2) is 36.3 Å². The molecule has 122 valence electrons. The number of hydrogen-bond acceptors (Lipinski definition) is 2. The van der Waals surface area contributed by atoms with E-state index in [0.717, 1.165) is 32.2 Å². The average Bonchev–Trinajstić information content (AvgIpc) is 2.52. The van der Waals surface area contributed by atoms with Gasteiger partial charge in [0.15, 0.2) is 0 Å². The molecule has 22 heavy (non-hydrogen) atoms. The Morgan fingerprint density at radius 3 is 2.45 bits per heavy atom. The van der Waals surface area contributed by atoms with Gasteiger partial charge in [0.05, 0.1) is 0 Å². The molecule has 1 N–H and O–H groups in total. The predicted molar refractivity (Wildman–Crippen MR) is 89.6 cm³/mol. The molecule has 0 bridgehead atoms. The first-order valence-corrected chi connectivity index (χ1v) is 8.19. The molecule has 0 aliphatic rings. The normalized spacial score (nSPS) is 10.3. The Labute approximate surface area is 133 Å². The molecule has 0 saturated carbocycles. The molecular weight excluding hydrogens is 276 g/mol. The quantitative estimate of drug-likeness (QED) is 0.676. The Bertz CT molecular complexity index is 446. The van der Waals surface area contributed by atoms with E-state index in [9.17, 15) is 9.59 Å². The van der Waals surface area contributed by atoms with Crippen molar-refractivity contribution < 1.29 is 9.59 Å². The number of nitrogens with one attached hydrogen (secondary N) is 1. The summed E-state index contributed by atoms with van der Waals surface area (Å²) < 4.78 is 0. The van der Waals surface area contributed by atoms with Crippen LogP contribution in [0.25, 0.3) is 0 Å². The van der Waals surface area contributed by atoms with Crippen molar-refractivity contribution in [1.82, 2.24) is 10.2 Å². The summed E-state index contributed by atoms with van der Waals surface area (Å²) in [6.45, 7) is 5.60. The van der Waals surface area contributed by atoms with Gasteiger partial charge in [0.1, 0.15) is 0 Å². The first-order chi connectivity index (χ1) is 10.6. The Morgan fingerprint density at radius 1 is 1.09 bits per heavy atom. The Morgan fingerprint density at radius 2 is 1.82 bits per heavy atom. The standard InChI is InChI=1S/C18H28N2O2/c1-3-4-14-20(16(2)21)15-12-18(22)19-13-8-11-17-9-6-5-7-10-17/h5-7,9-10H,3-4,8,11-15H2,1-2H3,(H,19,22). The number of benzene rings is 1. The van der Waals surface area contributed by atoms with E-state index >= 15 is 0 Å². The SMILES string of the molecule is CCCCN(CCC(=O)NCCCc1ccccc1)C(C)=O. The molecule has 0 saturated heterocycles. The number of amides is 2. The van der Waals surface area contributed by atoms with E-state index in [1.54, 1.807) is 11.8 Å². The predicted octanol–water partition coefficient (Wildman–Crippen LogP) is 2.77. The third kappa shape index (κ3) is 7.81. The number of nitrogens with zero attached hydrogens (tertiary/aromatic N) is 1. The molecule has 0 atom stereocenters. The second kappa shape index (κ2) is 10.8. The minimum atomic E-state index is 0.0239. The van der Waals surface area contributed by atoms with Crippen molar-refractivity contribution in [1.29, 1.82) is 0 Å². The van der Waals surface area contributed by atoms with Gasteiger partial charge in [-0.25, -0.2) is 0 Å². The van der Waals surface area contributed by atoms with E-state index < -0.39 is 0 Å². The molecule has 1 aromatic carbocycles. The van der Waals surface area contributed by atoms with Gasteiger partial charge in [0.2, 0.25) is 11.8 Å². The lowest BCUT2D eigenvalue weighted by Crippen LogP contribution is -2.34. The lowest BCUT2D eigenvalue weighted by molar-refractivity contribution is -0.129. The van der Waals surface area contributed by atoms with Gasteiger partial charge >= 0.3 is 0 Å². The third-order valence-corrected chi connectivity index (χ3v) is 3.64. The smallest absolute Gasteiger partial charge is 0.221 e. The molecule has 0 unspecified atom stereocenters. The third-order valence-electron chi connectivity index (χ3n) is 3.64. The lowest BCUT2D eigenvalue weighted by Gasteiger charge is -2.20. The number of carbonyl (C=O) groups excluding carboxylic acids is 2. The minimum absolute atomic E-state index is 0.0239. The van der Waals surface area contributed by atoms with Crippen molar-refractivity contribution in [2.45, 2.75) is 46.0 Å². The van der Waals surface area contributed by atoms with E-state index in [2.05, 4.69) is 24.4 Å². The highest BCUT2D eigenvalue weighted by Gasteiger charge is 2.10. The average molecular weight is 304 g/mol. The summed E-state index contributed by atoms with van der Waals surface area (Å²) in [5.41, 5.74) is 1.29. The maximum atomic E-state index is 11.8. The molecule has 0 aromatic heterocycles. The monoisotopic (exact) mass is 304 g/mol. The largest absolute Gasteiger partial charge is 0.356 e. The van der Waals surface area contributed by atoms with Crippen LogP contribution in [0.15, 0.2) is 30.3 Å². The summed E-state index contributed by atoms with van der Waals surface area (Å²) >= 11 is 0. The van der Waals surface area contributed by atoms with Crippen molar-refractivity contribution in [3.63, 3.8) is 0 Å². The Hall–Kier alpha value is -1.84. The zero-order valence-electron chi connectivity index (χ0n) is 13.8. The van der Waals surface area contributed by atoms with E-state index in [0.29, 0.717) is 19.5 Å². The van der Waals surface area contributed by atoms with E-state index in [4.69, 9.17) is 0 Å².